The summed E-state index contributed by atoms with van der Waals surface area (Å²) in [6.07, 6.45) is 4.77. The Kier molecular flexibility index (Phi) is 6.77. The third-order valence-electron chi connectivity index (χ3n) is 5.63. The first kappa shape index (κ1) is 21.0. The van der Waals surface area contributed by atoms with Gasteiger partial charge in [-0.15, -0.1) is 11.3 Å². The number of piperidine rings is 1. The Morgan fingerprint density at radius 2 is 2.07 bits per heavy atom. The van der Waals surface area contributed by atoms with Crippen LogP contribution in [0.3, 0.4) is 0 Å². The van der Waals surface area contributed by atoms with Crippen LogP contribution in [0.4, 0.5) is 0 Å². The number of benzene rings is 1. The summed E-state index contributed by atoms with van der Waals surface area (Å²) >= 11 is 7.56. The number of aromatic nitrogens is 2. The standard InChI is InChI=1S/C23H25ClN4OS/c1-27(20-9-13-28(14-10-20)12-8-19-7-2-3-11-25-19)23(29)21-16-30-22(26-21)17-5-4-6-18(24)15-17/h2-7,11,15-16,20H,8-10,12-14H2,1H3. The molecule has 1 amide bonds. The molecule has 30 heavy (non-hydrogen) atoms. The number of pyridine rings is 1. The van der Waals surface area contributed by atoms with Crippen LogP contribution in [0, 0.1) is 0 Å². The lowest BCUT2D eigenvalue weighted by Crippen LogP contribution is -2.46. The van der Waals surface area contributed by atoms with Gasteiger partial charge in [0.15, 0.2) is 0 Å². The van der Waals surface area contributed by atoms with Crippen molar-refractivity contribution in [1.29, 1.82) is 0 Å². The van der Waals surface area contributed by atoms with Gasteiger partial charge in [0.2, 0.25) is 0 Å². The normalized spacial score (nSPS) is 15.3. The highest BCUT2D eigenvalue weighted by Crippen LogP contribution is 2.27. The second-order valence-electron chi connectivity index (χ2n) is 7.61. The van der Waals surface area contributed by atoms with Crippen molar-refractivity contribution in [2.45, 2.75) is 25.3 Å². The minimum absolute atomic E-state index is 0.00790. The summed E-state index contributed by atoms with van der Waals surface area (Å²) in [6.45, 7) is 3.01. The number of halogens is 1. The van der Waals surface area contributed by atoms with Crippen LogP contribution >= 0.6 is 22.9 Å². The number of hydrogen-bond donors (Lipinski definition) is 0. The number of carbonyl (C=O) groups excluding carboxylic acids is 1. The molecule has 0 unspecified atom stereocenters. The summed E-state index contributed by atoms with van der Waals surface area (Å²) in [6, 6.07) is 13.9. The third-order valence-corrected chi connectivity index (χ3v) is 6.76. The van der Waals surface area contributed by atoms with Crippen LogP contribution in [0.5, 0.6) is 0 Å². The number of hydrogen-bond acceptors (Lipinski definition) is 5. The van der Waals surface area contributed by atoms with E-state index in [4.69, 9.17) is 11.6 Å². The molecule has 1 fully saturated rings. The highest BCUT2D eigenvalue weighted by atomic mass is 35.5. The average molecular weight is 441 g/mol. The van der Waals surface area contributed by atoms with Crippen molar-refractivity contribution in [1.82, 2.24) is 19.8 Å². The summed E-state index contributed by atoms with van der Waals surface area (Å²) in [7, 11) is 1.90. The zero-order chi connectivity index (χ0) is 20.9. The predicted molar refractivity (Wildman–Crippen MR) is 122 cm³/mol. The monoisotopic (exact) mass is 440 g/mol. The summed E-state index contributed by atoms with van der Waals surface area (Å²) in [5.74, 6) is -0.00790. The van der Waals surface area contributed by atoms with E-state index in [2.05, 4.69) is 20.9 Å². The molecular formula is C23H25ClN4OS. The molecule has 5 nitrogen and oxygen atoms in total. The number of thiazole rings is 1. The molecule has 1 saturated heterocycles. The largest absolute Gasteiger partial charge is 0.337 e. The molecule has 7 heteroatoms. The van der Waals surface area contributed by atoms with E-state index >= 15 is 0 Å². The zero-order valence-electron chi connectivity index (χ0n) is 17.0. The molecule has 0 N–H and O–H groups in total. The molecule has 0 spiro atoms. The van der Waals surface area contributed by atoms with Gasteiger partial charge in [-0.05, 0) is 37.1 Å². The SMILES string of the molecule is CN(C(=O)c1csc(-c2cccc(Cl)c2)n1)C1CCN(CCc2ccccn2)CC1. The lowest BCUT2D eigenvalue weighted by molar-refractivity contribution is 0.0638. The molecule has 0 atom stereocenters. The smallest absolute Gasteiger partial charge is 0.273 e. The fraction of sp³-hybridized carbons (Fsp3) is 0.348. The topological polar surface area (TPSA) is 49.3 Å². The van der Waals surface area contributed by atoms with Crippen LogP contribution in [0.25, 0.3) is 10.6 Å². The highest BCUT2D eigenvalue weighted by Gasteiger charge is 2.27. The van der Waals surface area contributed by atoms with E-state index in [1.54, 1.807) is 0 Å². The van der Waals surface area contributed by atoms with E-state index in [0.29, 0.717) is 10.7 Å². The molecule has 0 saturated carbocycles. The quantitative estimate of drug-likeness (QED) is 0.560. The second-order valence-corrected chi connectivity index (χ2v) is 8.90. The van der Waals surface area contributed by atoms with Crippen LogP contribution in [-0.2, 0) is 6.42 Å². The lowest BCUT2D eigenvalue weighted by Gasteiger charge is -2.36. The van der Waals surface area contributed by atoms with Gasteiger partial charge in [0, 0.05) is 67.0 Å². The van der Waals surface area contributed by atoms with Gasteiger partial charge in [-0.1, -0.05) is 29.8 Å². The Labute approximate surface area is 186 Å². The Hall–Kier alpha value is -2.28. The Morgan fingerprint density at radius 1 is 1.23 bits per heavy atom. The van der Waals surface area contributed by atoms with Crippen molar-refractivity contribution in [3.05, 3.63) is 70.5 Å². The molecule has 4 rings (SSSR count). The first-order valence-electron chi connectivity index (χ1n) is 10.2. The van der Waals surface area contributed by atoms with E-state index in [9.17, 15) is 4.79 Å². The maximum Gasteiger partial charge on any atom is 0.273 e. The Bertz CT molecular complexity index is 986. The van der Waals surface area contributed by atoms with Gasteiger partial charge in [-0.2, -0.15) is 0 Å². The molecule has 156 valence electrons. The van der Waals surface area contributed by atoms with Crippen molar-refractivity contribution >= 4 is 28.8 Å². The first-order valence-corrected chi connectivity index (χ1v) is 11.5. The fourth-order valence-corrected chi connectivity index (χ4v) is 4.80. The van der Waals surface area contributed by atoms with Crippen LogP contribution in [0.15, 0.2) is 54.0 Å². The second kappa shape index (κ2) is 9.69. The van der Waals surface area contributed by atoms with Crippen LogP contribution < -0.4 is 0 Å². The van der Waals surface area contributed by atoms with Gasteiger partial charge < -0.3 is 9.80 Å². The average Bonchev–Trinajstić information content (AvgIpc) is 3.28. The van der Waals surface area contributed by atoms with Crippen LogP contribution in [0.2, 0.25) is 5.02 Å². The van der Waals surface area contributed by atoms with E-state index in [0.717, 1.165) is 55.2 Å². The summed E-state index contributed by atoms with van der Waals surface area (Å²) in [4.78, 5) is 26.3. The van der Waals surface area contributed by atoms with Crippen LogP contribution in [-0.4, -0.2) is 58.4 Å². The molecular weight excluding hydrogens is 416 g/mol. The number of rotatable bonds is 6. The van der Waals surface area contributed by atoms with Crippen molar-refractivity contribution < 1.29 is 4.79 Å². The number of likely N-dealkylation sites (tertiary alicyclic amines) is 1. The van der Waals surface area contributed by atoms with Crippen molar-refractivity contribution in [3.8, 4) is 10.6 Å². The molecule has 0 radical (unpaired) electrons. The molecule has 0 bridgehead atoms. The van der Waals surface area contributed by atoms with Crippen molar-refractivity contribution in [3.63, 3.8) is 0 Å². The zero-order valence-corrected chi connectivity index (χ0v) is 18.6. The van der Waals surface area contributed by atoms with Crippen LogP contribution in [0.1, 0.15) is 29.0 Å². The van der Waals surface area contributed by atoms with E-state index in [1.165, 1.54) is 11.3 Å². The summed E-state index contributed by atoms with van der Waals surface area (Å²) in [5, 5.41) is 3.33. The van der Waals surface area contributed by atoms with Gasteiger partial charge >= 0.3 is 0 Å². The minimum atomic E-state index is -0.00790. The fourth-order valence-electron chi connectivity index (χ4n) is 3.82. The number of nitrogens with zero attached hydrogens (tertiary/aromatic N) is 4. The first-order chi connectivity index (χ1) is 14.6. The van der Waals surface area contributed by atoms with Gasteiger partial charge in [0.1, 0.15) is 10.7 Å². The van der Waals surface area contributed by atoms with Crippen molar-refractivity contribution in [2.75, 3.05) is 26.7 Å². The number of carbonyl (C=O) groups is 1. The highest BCUT2D eigenvalue weighted by molar-refractivity contribution is 7.13. The van der Waals surface area contributed by atoms with Crippen molar-refractivity contribution in [2.24, 2.45) is 0 Å². The maximum atomic E-state index is 13.0. The summed E-state index contributed by atoms with van der Waals surface area (Å²) in [5.41, 5.74) is 2.58. The molecule has 1 aromatic carbocycles. The lowest BCUT2D eigenvalue weighted by atomic mass is 10.0. The predicted octanol–water partition coefficient (Wildman–Crippen LogP) is 4.64. The molecule has 0 aliphatic carbocycles. The van der Waals surface area contributed by atoms with Gasteiger partial charge in [0.25, 0.3) is 5.91 Å². The van der Waals surface area contributed by atoms with E-state index < -0.39 is 0 Å². The molecule has 2 aromatic heterocycles. The van der Waals surface area contributed by atoms with Gasteiger partial charge in [-0.25, -0.2) is 4.98 Å². The Morgan fingerprint density at radius 3 is 2.80 bits per heavy atom. The molecule has 1 aliphatic rings. The van der Waals surface area contributed by atoms with E-state index in [-0.39, 0.29) is 11.9 Å². The molecule has 3 aromatic rings. The molecule has 1 aliphatic heterocycles. The third kappa shape index (κ3) is 5.06. The van der Waals surface area contributed by atoms with Gasteiger partial charge in [0.05, 0.1) is 0 Å². The van der Waals surface area contributed by atoms with E-state index in [1.807, 2.05) is 59.9 Å². The Balaban J connectivity index is 1.31. The maximum absolute atomic E-state index is 13.0. The minimum Gasteiger partial charge on any atom is -0.337 e. The molecule has 3 heterocycles. The summed E-state index contributed by atoms with van der Waals surface area (Å²) < 4.78 is 0. The van der Waals surface area contributed by atoms with Gasteiger partial charge in [-0.3, -0.25) is 9.78 Å². The number of amides is 1.